The van der Waals surface area contributed by atoms with E-state index in [-0.39, 0.29) is 12.4 Å². The van der Waals surface area contributed by atoms with Crippen molar-refractivity contribution >= 4 is 5.97 Å². The maximum absolute atomic E-state index is 11.1. The number of aryl methyl sites for hydroxylation is 2. The van der Waals surface area contributed by atoms with Crippen LogP contribution in [0.25, 0.3) is 0 Å². The summed E-state index contributed by atoms with van der Waals surface area (Å²) >= 11 is 0. The van der Waals surface area contributed by atoms with Crippen LogP contribution in [0.4, 0.5) is 0 Å². The van der Waals surface area contributed by atoms with Gasteiger partial charge in [-0.15, -0.1) is 0 Å². The van der Waals surface area contributed by atoms with Gasteiger partial charge in [0.25, 0.3) is 0 Å². The monoisotopic (exact) mass is 263 g/mol. The molecule has 0 amide bonds. The highest BCUT2D eigenvalue weighted by molar-refractivity contribution is 5.69. The summed E-state index contributed by atoms with van der Waals surface area (Å²) in [5.41, 5.74) is 9.48. The molecule has 0 heterocycles. The number of nitrogens with two attached hydrogens (primary N) is 1. The summed E-state index contributed by atoms with van der Waals surface area (Å²) in [5, 5.41) is 10.2. The van der Waals surface area contributed by atoms with Crippen LogP contribution >= 0.6 is 0 Å². The summed E-state index contributed by atoms with van der Waals surface area (Å²) < 4.78 is 4.57. The number of carbonyl (C=O) groups excluding carboxylic acids is 1. The number of rotatable bonds is 5. The van der Waals surface area contributed by atoms with Crippen molar-refractivity contribution < 1.29 is 14.6 Å². The molecule has 0 spiro atoms. The highest BCUT2D eigenvalue weighted by atomic mass is 16.5. The lowest BCUT2D eigenvalue weighted by atomic mass is 9.96. The average molecular weight is 263 g/mol. The first-order valence-corrected chi connectivity index (χ1v) is 6.74. The van der Waals surface area contributed by atoms with Crippen LogP contribution in [-0.2, 0) is 22.4 Å². The highest BCUT2D eigenvalue weighted by Crippen LogP contribution is 2.27. The Labute approximate surface area is 113 Å². The second-order valence-corrected chi connectivity index (χ2v) is 5.11. The number of methoxy groups -OCH3 is 1. The first-order chi connectivity index (χ1) is 9.11. The van der Waals surface area contributed by atoms with Gasteiger partial charge in [0.1, 0.15) is 0 Å². The number of aliphatic hydroxyl groups is 1. The van der Waals surface area contributed by atoms with Crippen molar-refractivity contribution in [1.82, 2.24) is 0 Å². The van der Waals surface area contributed by atoms with Crippen molar-refractivity contribution in [3.8, 4) is 0 Å². The van der Waals surface area contributed by atoms with Gasteiger partial charge in [0, 0.05) is 12.5 Å². The molecule has 19 heavy (non-hydrogen) atoms. The molecule has 1 aliphatic carbocycles. The molecule has 1 aromatic carbocycles. The lowest BCUT2D eigenvalue weighted by Crippen LogP contribution is -2.29. The molecular weight excluding hydrogens is 242 g/mol. The molecule has 0 radical (unpaired) electrons. The normalized spacial score (nSPS) is 16.8. The number of carbonyl (C=O) groups is 1. The lowest BCUT2D eigenvalue weighted by molar-refractivity contribution is -0.140. The topological polar surface area (TPSA) is 72.5 Å². The first kappa shape index (κ1) is 14.0. The van der Waals surface area contributed by atoms with Crippen LogP contribution in [0.5, 0.6) is 0 Å². The van der Waals surface area contributed by atoms with Crippen molar-refractivity contribution in [2.75, 3.05) is 7.11 Å². The molecule has 0 saturated heterocycles. The van der Waals surface area contributed by atoms with Crippen molar-refractivity contribution in [3.63, 3.8) is 0 Å². The molecule has 2 unspecified atom stereocenters. The fraction of sp³-hybridized carbons (Fsp3) is 0.533. The second-order valence-electron chi connectivity index (χ2n) is 5.11. The molecule has 0 aliphatic heterocycles. The van der Waals surface area contributed by atoms with Crippen molar-refractivity contribution in [1.29, 1.82) is 0 Å². The van der Waals surface area contributed by atoms with Crippen LogP contribution in [0, 0.1) is 0 Å². The fourth-order valence-corrected chi connectivity index (χ4v) is 2.57. The molecule has 4 nitrogen and oxygen atoms in total. The summed E-state index contributed by atoms with van der Waals surface area (Å²) in [6, 6.07) is 5.62. The summed E-state index contributed by atoms with van der Waals surface area (Å²) in [6.07, 6.45) is 3.32. The molecule has 0 bridgehead atoms. The molecule has 2 rings (SSSR count). The van der Waals surface area contributed by atoms with Crippen LogP contribution in [0.3, 0.4) is 0 Å². The minimum absolute atomic E-state index is 0.236. The minimum atomic E-state index is -0.726. The summed E-state index contributed by atoms with van der Waals surface area (Å²) in [4.78, 5) is 11.1. The Morgan fingerprint density at radius 3 is 2.89 bits per heavy atom. The largest absolute Gasteiger partial charge is 0.469 e. The second kappa shape index (κ2) is 6.17. The molecule has 1 aliphatic rings. The third-order valence-electron chi connectivity index (χ3n) is 3.78. The van der Waals surface area contributed by atoms with Crippen LogP contribution < -0.4 is 5.73 Å². The van der Waals surface area contributed by atoms with Gasteiger partial charge in [0.05, 0.1) is 13.2 Å². The Kier molecular flexibility index (Phi) is 4.56. The van der Waals surface area contributed by atoms with E-state index in [0.29, 0.717) is 6.42 Å². The van der Waals surface area contributed by atoms with E-state index in [1.54, 1.807) is 0 Å². The van der Waals surface area contributed by atoms with E-state index < -0.39 is 12.1 Å². The number of benzene rings is 1. The minimum Gasteiger partial charge on any atom is -0.469 e. The molecule has 0 aromatic heterocycles. The van der Waals surface area contributed by atoms with Gasteiger partial charge in [-0.05, 0) is 42.4 Å². The zero-order valence-corrected chi connectivity index (χ0v) is 11.3. The number of hydrogen-bond donors (Lipinski definition) is 2. The van der Waals surface area contributed by atoms with E-state index >= 15 is 0 Å². The average Bonchev–Trinajstić information content (AvgIpc) is 2.90. The number of fused-ring (bicyclic) bond motifs is 1. The zero-order valence-electron chi connectivity index (χ0n) is 11.3. The van der Waals surface area contributed by atoms with Gasteiger partial charge in [0.2, 0.25) is 0 Å². The SMILES string of the molecule is COC(=O)CCC(N)C(O)c1ccc2c(c1)CCC2. The van der Waals surface area contributed by atoms with E-state index in [1.807, 2.05) is 12.1 Å². The molecular formula is C15H21NO3. The first-order valence-electron chi connectivity index (χ1n) is 6.74. The van der Waals surface area contributed by atoms with E-state index in [4.69, 9.17) is 5.73 Å². The van der Waals surface area contributed by atoms with Crippen LogP contribution in [-0.4, -0.2) is 24.2 Å². The molecule has 3 N–H and O–H groups in total. The Morgan fingerprint density at radius 2 is 2.16 bits per heavy atom. The predicted octanol–water partition coefficient (Wildman–Crippen LogP) is 1.49. The van der Waals surface area contributed by atoms with E-state index in [9.17, 15) is 9.90 Å². The van der Waals surface area contributed by atoms with Gasteiger partial charge >= 0.3 is 5.97 Å². The van der Waals surface area contributed by atoms with E-state index in [0.717, 1.165) is 18.4 Å². The number of hydrogen-bond acceptors (Lipinski definition) is 4. The molecule has 0 saturated carbocycles. The maximum atomic E-state index is 11.1. The standard InChI is InChI=1S/C15H21NO3/c1-19-14(17)8-7-13(16)15(18)12-6-5-10-3-2-4-11(10)9-12/h5-6,9,13,15,18H,2-4,7-8,16H2,1H3. The van der Waals surface area contributed by atoms with Gasteiger partial charge in [-0.2, -0.15) is 0 Å². The van der Waals surface area contributed by atoms with Crippen molar-refractivity contribution in [2.45, 2.75) is 44.2 Å². The van der Waals surface area contributed by atoms with Crippen molar-refractivity contribution in [2.24, 2.45) is 5.73 Å². The molecule has 1 aromatic rings. The van der Waals surface area contributed by atoms with E-state index in [2.05, 4.69) is 10.8 Å². The number of esters is 1. The van der Waals surface area contributed by atoms with Gasteiger partial charge in [0.15, 0.2) is 0 Å². The molecule has 2 atom stereocenters. The van der Waals surface area contributed by atoms with Crippen molar-refractivity contribution in [3.05, 3.63) is 34.9 Å². The van der Waals surface area contributed by atoms with E-state index in [1.165, 1.54) is 24.7 Å². The predicted molar refractivity (Wildman–Crippen MR) is 72.7 cm³/mol. The van der Waals surface area contributed by atoms with Gasteiger partial charge in [-0.3, -0.25) is 4.79 Å². The van der Waals surface area contributed by atoms with Crippen LogP contribution in [0.15, 0.2) is 18.2 Å². The Bertz CT molecular complexity index is 459. The van der Waals surface area contributed by atoms with Crippen LogP contribution in [0.1, 0.15) is 42.1 Å². The summed E-state index contributed by atoms with van der Waals surface area (Å²) in [5.74, 6) is -0.295. The third kappa shape index (κ3) is 3.33. The number of aliphatic hydroxyl groups excluding tert-OH is 1. The fourth-order valence-electron chi connectivity index (χ4n) is 2.57. The zero-order chi connectivity index (χ0) is 13.8. The third-order valence-corrected chi connectivity index (χ3v) is 3.78. The van der Waals surface area contributed by atoms with Gasteiger partial charge in [-0.25, -0.2) is 0 Å². The number of ether oxygens (including phenoxy) is 1. The van der Waals surface area contributed by atoms with Gasteiger partial charge in [-0.1, -0.05) is 18.2 Å². The Morgan fingerprint density at radius 1 is 1.42 bits per heavy atom. The smallest absolute Gasteiger partial charge is 0.305 e. The van der Waals surface area contributed by atoms with Gasteiger partial charge < -0.3 is 15.6 Å². The Balaban J connectivity index is 1.98. The van der Waals surface area contributed by atoms with Crippen LogP contribution in [0.2, 0.25) is 0 Å². The highest BCUT2D eigenvalue weighted by Gasteiger charge is 2.20. The molecule has 0 fully saturated rings. The summed E-state index contributed by atoms with van der Waals surface area (Å²) in [6.45, 7) is 0. The summed E-state index contributed by atoms with van der Waals surface area (Å²) in [7, 11) is 1.35. The Hall–Kier alpha value is -1.39. The lowest BCUT2D eigenvalue weighted by Gasteiger charge is -2.19. The molecule has 4 heteroatoms. The maximum Gasteiger partial charge on any atom is 0.305 e. The quantitative estimate of drug-likeness (QED) is 0.789. The molecule has 104 valence electrons.